The fourth-order valence-corrected chi connectivity index (χ4v) is 7.81. The van der Waals surface area contributed by atoms with E-state index < -0.39 is 11.9 Å². The van der Waals surface area contributed by atoms with Crippen molar-refractivity contribution in [2.45, 2.75) is 83.9 Å². The predicted octanol–water partition coefficient (Wildman–Crippen LogP) is 3.13. The van der Waals surface area contributed by atoms with Crippen molar-refractivity contribution in [2.24, 2.45) is 17.6 Å². The molecule has 0 aromatic carbocycles. The third-order valence-corrected chi connectivity index (χ3v) is 10.6. The Morgan fingerprint density at radius 3 is 2.18 bits per heavy atom. The van der Waals surface area contributed by atoms with Crippen molar-refractivity contribution in [3.8, 4) is 0 Å². The van der Waals surface area contributed by atoms with Gasteiger partial charge in [0.1, 0.15) is 0 Å². The van der Waals surface area contributed by atoms with E-state index in [1.165, 1.54) is 0 Å². The van der Waals surface area contributed by atoms with E-state index in [1.54, 1.807) is 0 Å². The molecule has 0 saturated carbocycles. The topological polar surface area (TPSA) is 190 Å². The number of thioether (sulfide) groups is 1. The summed E-state index contributed by atoms with van der Waals surface area (Å²) in [5.74, 6) is -0.817. The van der Waals surface area contributed by atoms with E-state index in [4.69, 9.17) is 5.73 Å². The number of amides is 2. The van der Waals surface area contributed by atoms with Crippen LogP contribution in [0, 0.1) is 25.7 Å². The lowest BCUT2D eigenvalue weighted by Crippen LogP contribution is -2.30. The summed E-state index contributed by atoms with van der Waals surface area (Å²) in [5, 5.41) is 25.6. The van der Waals surface area contributed by atoms with E-state index in [0.29, 0.717) is 43.9 Å². The molecule has 0 bridgehead atoms. The van der Waals surface area contributed by atoms with Crippen molar-refractivity contribution in [3.63, 3.8) is 0 Å². The molecule has 2 aromatic heterocycles. The molecule has 2 amide bonds. The van der Waals surface area contributed by atoms with Gasteiger partial charge in [0.15, 0.2) is 0 Å². The number of carbonyl (C=O) groups is 4. The third kappa shape index (κ3) is 6.91. The number of carboxylic acid groups (broad SMARTS) is 2. The first-order chi connectivity index (χ1) is 21.4. The number of carbonyl (C=O) groups excluding carboxylic acids is 2. The average Bonchev–Trinajstić information content (AvgIpc) is 3.56. The molecular weight excluding hydrogens is 594 g/mol. The Morgan fingerprint density at radius 2 is 1.58 bits per heavy atom. The molecule has 0 spiro atoms. The fraction of sp³-hybridized carbons (Fsp3) is 0.515. The standard InChI is InChI=1S/C33H43N5O6S/c1-15-19(5-7-29(39)40)25(35-22(15)11-24-17(3)21(9-10-34)33(44)37-24)13-26-20(6-8-30(41)42)16(2)23(36-26)12-27-31(28-14-45-28)18(4)32(43)38-27/h12,18,24,28,31,35-36H,5-11,13-14,34H2,1-4H3,(H,37,44)(H,38,43)(H,39,40)(H,41,42)/b27-12-/t18-,24-,28-,31-/m1/s1. The monoisotopic (exact) mass is 637 g/mol. The van der Waals surface area contributed by atoms with E-state index in [2.05, 4.69) is 20.6 Å². The number of aliphatic carboxylic acids is 2. The first kappa shape index (κ1) is 32.6. The summed E-state index contributed by atoms with van der Waals surface area (Å²) < 4.78 is 0. The van der Waals surface area contributed by atoms with E-state index in [-0.39, 0.29) is 42.5 Å². The summed E-state index contributed by atoms with van der Waals surface area (Å²) in [6.07, 6.45) is 4.07. The lowest BCUT2D eigenvalue weighted by molar-refractivity contribution is -0.138. The van der Waals surface area contributed by atoms with Gasteiger partial charge in [0.2, 0.25) is 11.8 Å². The smallest absolute Gasteiger partial charge is 0.303 e. The number of allylic oxidation sites excluding steroid dienone is 1. The van der Waals surface area contributed by atoms with E-state index in [9.17, 15) is 29.4 Å². The van der Waals surface area contributed by atoms with Crippen LogP contribution < -0.4 is 16.4 Å². The van der Waals surface area contributed by atoms with Crippen LogP contribution in [-0.4, -0.2) is 67.5 Å². The highest BCUT2D eigenvalue weighted by atomic mass is 32.2. The van der Waals surface area contributed by atoms with Crippen LogP contribution in [0.1, 0.15) is 78.1 Å². The van der Waals surface area contributed by atoms with Gasteiger partial charge in [-0.2, -0.15) is 11.8 Å². The second kappa shape index (κ2) is 13.3. The highest BCUT2D eigenvalue weighted by Crippen LogP contribution is 2.46. The number of hydrogen-bond acceptors (Lipinski definition) is 6. The Kier molecular flexibility index (Phi) is 9.64. The summed E-state index contributed by atoms with van der Waals surface area (Å²) in [6, 6.07) is -0.185. The highest BCUT2D eigenvalue weighted by Gasteiger charge is 2.45. The predicted molar refractivity (Wildman–Crippen MR) is 173 cm³/mol. The van der Waals surface area contributed by atoms with Crippen LogP contribution in [0.3, 0.4) is 0 Å². The van der Waals surface area contributed by atoms with Crippen LogP contribution in [-0.2, 0) is 44.9 Å². The molecule has 3 aliphatic heterocycles. The maximum absolute atomic E-state index is 12.6. The second-order valence-corrected chi connectivity index (χ2v) is 13.7. The first-order valence-corrected chi connectivity index (χ1v) is 16.6. The molecular formula is C33H43N5O6S. The van der Waals surface area contributed by atoms with Crippen LogP contribution in [0.25, 0.3) is 6.08 Å². The molecule has 45 heavy (non-hydrogen) atoms. The molecule has 242 valence electrons. The summed E-state index contributed by atoms with van der Waals surface area (Å²) in [7, 11) is 0. The second-order valence-electron chi connectivity index (χ2n) is 12.5. The molecule has 2 fully saturated rings. The molecule has 4 atom stereocenters. The molecule has 5 rings (SSSR count). The molecule has 5 heterocycles. The van der Waals surface area contributed by atoms with Crippen LogP contribution in [0.4, 0.5) is 0 Å². The summed E-state index contributed by atoms with van der Waals surface area (Å²) in [4.78, 5) is 55.4. The maximum atomic E-state index is 12.6. The highest BCUT2D eigenvalue weighted by molar-refractivity contribution is 8.06. The zero-order valence-electron chi connectivity index (χ0n) is 26.3. The van der Waals surface area contributed by atoms with Gasteiger partial charge in [-0.15, -0.1) is 0 Å². The van der Waals surface area contributed by atoms with Gasteiger partial charge >= 0.3 is 11.9 Å². The Balaban J connectivity index is 1.50. The molecule has 8 N–H and O–H groups in total. The molecule has 0 unspecified atom stereocenters. The zero-order chi connectivity index (χ0) is 32.6. The van der Waals surface area contributed by atoms with Crippen molar-refractivity contribution in [2.75, 3.05) is 12.3 Å². The minimum absolute atomic E-state index is 0.0189. The van der Waals surface area contributed by atoms with Crippen molar-refractivity contribution < 1.29 is 29.4 Å². The molecule has 3 aliphatic rings. The minimum atomic E-state index is -0.889. The van der Waals surface area contributed by atoms with Crippen molar-refractivity contribution in [1.82, 2.24) is 20.6 Å². The van der Waals surface area contributed by atoms with Gasteiger partial charge in [0.25, 0.3) is 0 Å². The summed E-state index contributed by atoms with van der Waals surface area (Å²) in [5.41, 5.74) is 15.5. The molecule has 2 saturated heterocycles. The quantitative estimate of drug-likeness (QED) is 0.154. The molecule has 0 aliphatic carbocycles. The van der Waals surface area contributed by atoms with Crippen LogP contribution >= 0.6 is 11.8 Å². The number of aromatic amines is 2. The van der Waals surface area contributed by atoms with Gasteiger partial charge in [-0.1, -0.05) is 6.92 Å². The molecule has 0 radical (unpaired) electrons. The lowest BCUT2D eigenvalue weighted by Gasteiger charge is -2.12. The van der Waals surface area contributed by atoms with Gasteiger partial charge in [-0.05, 0) is 80.5 Å². The van der Waals surface area contributed by atoms with Crippen LogP contribution in [0.15, 0.2) is 16.8 Å². The maximum Gasteiger partial charge on any atom is 0.303 e. The number of nitrogens with one attached hydrogen (secondary N) is 4. The zero-order valence-corrected chi connectivity index (χ0v) is 27.1. The minimum Gasteiger partial charge on any atom is -0.481 e. The number of rotatable bonds is 14. The van der Waals surface area contributed by atoms with Crippen molar-refractivity contribution in [3.05, 3.63) is 61.9 Å². The largest absolute Gasteiger partial charge is 0.481 e. The number of H-pyrrole nitrogens is 2. The summed E-state index contributed by atoms with van der Waals surface area (Å²) >= 11 is 1.85. The van der Waals surface area contributed by atoms with E-state index in [1.807, 2.05) is 45.5 Å². The van der Waals surface area contributed by atoms with Gasteiger partial charge in [-0.3, -0.25) is 19.2 Å². The molecule has 12 heteroatoms. The van der Waals surface area contributed by atoms with Gasteiger partial charge in [0, 0.05) is 82.6 Å². The lowest BCUT2D eigenvalue weighted by atomic mass is 9.91. The normalized spacial score (nSPS) is 23.6. The van der Waals surface area contributed by atoms with Crippen LogP contribution in [0.2, 0.25) is 0 Å². The molecule has 11 nitrogen and oxygen atoms in total. The fourth-order valence-electron chi connectivity index (χ4n) is 6.90. The first-order valence-electron chi connectivity index (χ1n) is 15.6. The SMILES string of the molecule is CC1=C(CCN)C(=O)N[C@@H]1Cc1[nH]c(Cc2[nH]c(/C=C3\NC(=O)[C@H](C)[C@H]3[C@H]3CS3)c(C)c2CCC(=O)O)c(CCC(=O)O)c1C. The van der Waals surface area contributed by atoms with E-state index in [0.717, 1.165) is 67.6 Å². The van der Waals surface area contributed by atoms with E-state index >= 15 is 0 Å². The number of carboxylic acids is 2. The Hall–Kier alpha value is -3.77. The average molecular weight is 638 g/mol. The Labute approximate surface area is 266 Å². The Morgan fingerprint density at radius 1 is 0.956 bits per heavy atom. The Bertz CT molecular complexity index is 1600. The summed E-state index contributed by atoms with van der Waals surface area (Å²) in [6.45, 7) is 8.25. The number of aromatic nitrogens is 2. The van der Waals surface area contributed by atoms with Crippen molar-refractivity contribution >= 4 is 41.6 Å². The molecule has 2 aromatic rings. The number of nitrogens with two attached hydrogens (primary N) is 1. The van der Waals surface area contributed by atoms with Gasteiger partial charge in [0.05, 0.1) is 6.04 Å². The number of hydrogen-bond donors (Lipinski definition) is 7. The van der Waals surface area contributed by atoms with Gasteiger partial charge < -0.3 is 36.5 Å². The van der Waals surface area contributed by atoms with Crippen LogP contribution in [0.5, 0.6) is 0 Å². The van der Waals surface area contributed by atoms with Crippen molar-refractivity contribution in [1.29, 1.82) is 0 Å². The van der Waals surface area contributed by atoms with Gasteiger partial charge in [-0.25, -0.2) is 0 Å². The third-order valence-electron chi connectivity index (χ3n) is 9.63.